The van der Waals surface area contributed by atoms with E-state index in [1.165, 1.54) is 12.2 Å². The third kappa shape index (κ3) is 2.92. The Morgan fingerprint density at radius 2 is 1.48 bits per heavy atom. The summed E-state index contributed by atoms with van der Waals surface area (Å²) in [4.78, 5) is 22.9. The van der Waals surface area contributed by atoms with E-state index in [9.17, 15) is 31.5 Å². The van der Waals surface area contributed by atoms with Gasteiger partial charge in [-0.1, -0.05) is 18.2 Å². The molecule has 0 atom stereocenters. The molecule has 0 bridgehead atoms. The molecular formula is C15H7F5O3. The number of carboxylic acid groups (broad SMARTS) is 1. The number of hydrogen-bond donors (Lipinski definition) is 1. The number of aliphatic carboxylic acids is 1. The molecule has 0 radical (unpaired) electrons. The number of allylic oxidation sites excluding steroid dienone is 5. The van der Waals surface area contributed by atoms with Crippen molar-refractivity contribution in [3.05, 3.63) is 70.1 Å². The van der Waals surface area contributed by atoms with Crippen molar-refractivity contribution in [3.8, 4) is 0 Å². The van der Waals surface area contributed by atoms with Gasteiger partial charge >= 0.3 is 5.97 Å². The second-order valence-corrected chi connectivity index (χ2v) is 4.49. The second-order valence-electron chi connectivity index (χ2n) is 4.49. The second kappa shape index (κ2) is 6.15. The molecule has 0 aromatic heterocycles. The lowest BCUT2D eigenvalue weighted by Gasteiger charge is -2.14. The van der Waals surface area contributed by atoms with Gasteiger partial charge in [-0.2, -0.15) is 0 Å². The van der Waals surface area contributed by atoms with Crippen molar-refractivity contribution in [1.29, 1.82) is 0 Å². The third-order valence-electron chi connectivity index (χ3n) is 3.06. The van der Waals surface area contributed by atoms with Gasteiger partial charge < -0.3 is 5.11 Å². The van der Waals surface area contributed by atoms with Crippen LogP contribution in [0.1, 0.15) is 16.8 Å². The normalized spacial score (nSPS) is 15.7. The van der Waals surface area contributed by atoms with Gasteiger partial charge in [0.1, 0.15) is 5.56 Å². The van der Waals surface area contributed by atoms with Crippen molar-refractivity contribution in [3.63, 3.8) is 0 Å². The minimum absolute atomic E-state index is 0.0424. The van der Waals surface area contributed by atoms with Gasteiger partial charge in [-0.05, 0) is 12.0 Å². The first-order valence-corrected chi connectivity index (χ1v) is 6.12. The van der Waals surface area contributed by atoms with Crippen molar-refractivity contribution in [2.45, 2.75) is 6.42 Å². The molecule has 120 valence electrons. The Hall–Kier alpha value is -2.77. The van der Waals surface area contributed by atoms with E-state index in [0.717, 1.165) is 6.08 Å². The number of Topliss-reactive ketones (excluding diaryl/α,β-unsaturated/α-hetero) is 1. The molecule has 23 heavy (non-hydrogen) atoms. The molecule has 2 rings (SSSR count). The fourth-order valence-electron chi connectivity index (χ4n) is 2.02. The fourth-order valence-corrected chi connectivity index (χ4v) is 2.02. The first kappa shape index (κ1) is 16.6. The van der Waals surface area contributed by atoms with Crippen LogP contribution in [0.25, 0.3) is 0 Å². The van der Waals surface area contributed by atoms with E-state index in [-0.39, 0.29) is 12.0 Å². The number of hydrogen-bond acceptors (Lipinski definition) is 2. The maximum absolute atomic E-state index is 13.7. The molecule has 0 heterocycles. The summed E-state index contributed by atoms with van der Waals surface area (Å²) >= 11 is 0. The van der Waals surface area contributed by atoms with E-state index < -0.39 is 52.0 Å². The van der Waals surface area contributed by atoms with Crippen LogP contribution in [-0.4, -0.2) is 16.9 Å². The molecule has 8 heteroatoms. The lowest BCUT2D eigenvalue weighted by Crippen LogP contribution is -2.16. The zero-order valence-corrected chi connectivity index (χ0v) is 11.2. The van der Waals surface area contributed by atoms with Gasteiger partial charge in [0.05, 0.1) is 0 Å². The molecule has 3 nitrogen and oxygen atoms in total. The van der Waals surface area contributed by atoms with Gasteiger partial charge in [-0.15, -0.1) is 0 Å². The van der Waals surface area contributed by atoms with Crippen LogP contribution >= 0.6 is 0 Å². The fraction of sp³-hybridized carbons (Fsp3) is 0.0667. The van der Waals surface area contributed by atoms with E-state index in [1.807, 2.05) is 0 Å². The number of benzene rings is 1. The van der Waals surface area contributed by atoms with Crippen LogP contribution in [0, 0.1) is 29.1 Å². The molecule has 0 amide bonds. The summed E-state index contributed by atoms with van der Waals surface area (Å²) < 4.78 is 66.7. The third-order valence-corrected chi connectivity index (χ3v) is 3.06. The monoisotopic (exact) mass is 330 g/mol. The summed E-state index contributed by atoms with van der Waals surface area (Å²) in [5, 5.41) is 8.71. The Bertz CT molecular complexity index is 777. The van der Waals surface area contributed by atoms with Crippen molar-refractivity contribution >= 4 is 11.8 Å². The standard InChI is InChI=1S/C15H7F5O3/c16-10-9(11(17)13(19)14(20)12(10)18)15(23)7-4-2-1-3-6(7)5-8(21)22/h1-2,4-5H,3H2,(H,21,22). The summed E-state index contributed by atoms with van der Waals surface area (Å²) in [7, 11) is 0. The van der Waals surface area contributed by atoms with Crippen molar-refractivity contribution in [2.75, 3.05) is 0 Å². The lowest BCUT2D eigenvalue weighted by atomic mass is 9.90. The van der Waals surface area contributed by atoms with Gasteiger partial charge in [-0.25, -0.2) is 26.7 Å². The van der Waals surface area contributed by atoms with E-state index in [4.69, 9.17) is 5.11 Å². The summed E-state index contributed by atoms with van der Waals surface area (Å²) in [6, 6.07) is 0. The first-order valence-electron chi connectivity index (χ1n) is 6.12. The number of carbonyl (C=O) groups is 2. The quantitative estimate of drug-likeness (QED) is 0.304. The van der Waals surface area contributed by atoms with Gasteiger partial charge in [0.2, 0.25) is 5.82 Å². The molecule has 0 saturated heterocycles. The molecule has 0 aliphatic heterocycles. The molecule has 1 aromatic rings. The number of carbonyl (C=O) groups excluding carboxylic acids is 1. The summed E-state index contributed by atoms with van der Waals surface area (Å²) in [6.45, 7) is 0. The molecule has 1 aliphatic carbocycles. The maximum Gasteiger partial charge on any atom is 0.328 e. The molecule has 0 spiro atoms. The van der Waals surface area contributed by atoms with E-state index in [1.54, 1.807) is 0 Å². The van der Waals surface area contributed by atoms with Gasteiger partial charge in [0.25, 0.3) is 0 Å². The Kier molecular flexibility index (Phi) is 4.44. The highest BCUT2D eigenvalue weighted by molar-refractivity contribution is 6.13. The predicted molar refractivity (Wildman–Crippen MR) is 68.1 cm³/mol. The highest BCUT2D eigenvalue weighted by Crippen LogP contribution is 2.29. The highest BCUT2D eigenvalue weighted by atomic mass is 19.2. The zero-order chi connectivity index (χ0) is 17.3. The van der Waals surface area contributed by atoms with Crippen molar-refractivity contribution < 1.29 is 36.6 Å². The lowest BCUT2D eigenvalue weighted by molar-refractivity contribution is -0.131. The van der Waals surface area contributed by atoms with Crippen LogP contribution in [0.3, 0.4) is 0 Å². The zero-order valence-electron chi connectivity index (χ0n) is 11.2. The van der Waals surface area contributed by atoms with Gasteiger partial charge in [0, 0.05) is 11.6 Å². The summed E-state index contributed by atoms with van der Waals surface area (Å²) in [6.07, 6.45) is 4.39. The van der Waals surface area contributed by atoms with Crippen LogP contribution in [0.15, 0.2) is 35.5 Å². The molecule has 0 saturated carbocycles. The molecule has 1 aromatic carbocycles. The Morgan fingerprint density at radius 3 is 2.00 bits per heavy atom. The van der Waals surface area contributed by atoms with E-state index >= 15 is 0 Å². The minimum Gasteiger partial charge on any atom is -0.478 e. The molecule has 1 N–H and O–H groups in total. The highest BCUT2D eigenvalue weighted by Gasteiger charge is 2.32. The molecule has 0 unspecified atom stereocenters. The Labute approximate surface area is 126 Å². The average molecular weight is 330 g/mol. The topological polar surface area (TPSA) is 54.4 Å². The average Bonchev–Trinajstić information content (AvgIpc) is 2.51. The Morgan fingerprint density at radius 1 is 0.957 bits per heavy atom. The summed E-state index contributed by atoms with van der Waals surface area (Å²) in [5.74, 6) is -14.3. The van der Waals surface area contributed by atoms with Gasteiger partial charge in [-0.3, -0.25) is 4.79 Å². The smallest absolute Gasteiger partial charge is 0.328 e. The maximum atomic E-state index is 13.7. The number of halogens is 5. The molecule has 0 fully saturated rings. The summed E-state index contributed by atoms with van der Waals surface area (Å²) in [5.41, 5.74) is -2.20. The predicted octanol–water partition coefficient (Wildman–Crippen LogP) is 3.46. The van der Waals surface area contributed by atoms with Crippen molar-refractivity contribution in [1.82, 2.24) is 0 Å². The largest absolute Gasteiger partial charge is 0.478 e. The van der Waals surface area contributed by atoms with Gasteiger partial charge in [0.15, 0.2) is 29.1 Å². The van der Waals surface area contributed by atoms with E-state index in [0.29, 0.717) is 6.08 Å². The van der Waals surface area contributed by atoms with E-state index in [2.05, 4.69) is 0 Å². The SMILES string of the molecule is O=C(O)C=C1CC=CC=C1C(=O)c1c(F)c(F)c(F)c(F)c1F. The molecular weight excluding hydrogens is 323 g/mol. The van der Waals surface area contributed by atoms with Crippen LogP contribution in [-0.2, 0) is 4.79 Å². The van der Waals surface area contributed by atoms with Crippen LogP contribution < -0.4 is 0 Å². The van der Waals surface area contributed by atoms with Crippen LogP contribution in [0.2, 0.25) is 0 Å². The molecule has 1 aliphatic rings. The minimum atomic E-state index is -2.38. The number of carboxylic acids is 1. The van der Waals surface area contributed by atoms with Crippen LogP contribution in [0.4, 0.5) is 22.0 Å². The van der Waals surface area contributed by atoms with Crippen LogP contribution in [0.5, 0.6) is 0 Å². The number of ketones is 1. The van der Waals surface area contributed by atoms with Crippen molar-refractivity contribution in [2.24, 2.45) is 0 Å². The first-order chi connectivity index (χ1) is 10.8. The number of rotatable bonds is 3. The Balaban J connectivity index is 2.64.